The van der Waals surface area contributed by atoms with E-state index in [-0.39, 0.29) is 22.5 Å². The van der Waals surface area contributed by atoms with Gasteiger partial charge in [-0.2, -0.15) is 13.2 Å². The van der Waals surface area contributed by atoms with Crippen LogP contribution in [0.2, 0.25) is 5.02 Å². The number of hydrogen-bond donors (Lipinski definition) is 1. The Hall–Kier alpha value is -1.27. The van der Waals surface area contributed by atoms with Crippen LogP contribution in [0.15, 0.2) is 18.2 Å². The standard InChI is InChI=1S/C15H17ClF3NO2/c1-22-8-9-3-2-4-13(9)20-14(21)11-7-10(15(17,18)19)5-6-12(11)16/h5-7,9,13H,2-4,8H2,1H3,(H,20,21)/t9-,13-/m1/s1. The van der Waals surface area contributed by atoms with Crippen molar-refractivity contribution in [3.8, 4) is 0 Å². The Kier molecular flexibility index (Phi) is 5.34. The second-order valence-electron chi connectivity index (χ2n) is 5.42. The molecule has 0 heterocycles. The first kappa shape index (κ1) is 17.1. The molecule has 0 spiro atoms. The average molecular weight is 336 g/mol. The van der Waals surface area contributed by atoms with Crippen LogP contribution in [0.1, 0.15) is 35.2 Å². The van der Waals surface area contributed by atoms with Gasteiger partial charge in [0, 0.05) is 19.1 Å². The van der Waals surface area contributed by atoms with Crippen molar-refractivity contribution in [2.24, 2.45) is 5.92 Å². The Morgan fingerprint density at radius 1 is 1.41 bits per heavy atom. The lowest BCUT2D eigenvalue weighted by Crippen LogP contribution is -2.39. The van der Waals surface area contributed by atoms with Gasteiger partial charge in [-0.05, 0) is 31.0 Å². The highest BCUT2D eigenvalue weighted by Crippen LogP contribution is 2.32. The van der Waals surface area contributed by atoms with E-state index < -0.39 is 17.6 Å². The van der Waals surface area contributed by atoms with Crippen molar-refractivity contribution in [1.29, 1.82) is 0 Å². The van der Waals surface area contributed by atoms with E-state index in [4.69, 9.17) is 16.3 Å². The molecule has 1 aliphatic carbocycles. The SMILES string of the molecule is COC[C@H]1CCC[C@H]1NC(=O)c1cc(C(F)(F)F)ccc1Cl. The summed E-state index contributed by atoms with van der Waals surface area (Å²) in [7, 11) is 1.58. The molecule has 1 aromatic rings. The zero-order valence-electron chi connectivity index (χ0n) is 12.0. The number of carbonyl (C=O) groups is 1. The topological polar surface area (TPSA) is 38.3 Å². The second-order valence-corrected chi connectivity index (χ2v) is 5.83. The molecule has 1 fully saturated rings. The van der Waals surface area contributed by atoms with Crippen LogP contribution in [0.3, 0.4) is 0 Å². The fraction of sp³-hybridized carbons (Fsp3) is 0.533. The lowest BCUT2D eigenvalue weighted by molar-refractivity contribution is -0.137. The molecule has 1 N–H and O–H groups in total. The van der Waals surface area contributed by atoms with Gasteiger partial charge in [-0.3, -0.25) is 4.79 Å². The number of alkyl halides is 3. The number of methoxy groups -OCH3 is 1. The Labute approximate surface area is 131 Å². The highest BCUT2D eigenvalue weighted by Gasteiger charge is 2.33. The summed E-state index contributed by atoms with van der Waals surface area (Å²) in [6.07, 6.45) is -1.84. The van der Waals surface area contributed by atoms with Crippen LogP contribution in [-0.4, -0.2) is 25.7 Å². The Bertz CT molecular complexity index is 548. The maximum atomic E-state index is 12.7. The van der Waals surface area contributed by atoms with E-state index in [0.717, 1.165) is 37.5 Å². The summed E-state index contributed by atoms with van der Waals surface area (Å²) in [5.74, 6) is -0.400. The van der Waals surface area contributed by atoms with Crippen LogP contribution in [0.5, 0.6) is 0 Å². The Morgan fingerprint density at radius 3 is 2.77 bits per heavy atom. The van der Waals surface area contributed by atoms with E-state index in [2.05, 4.69) is 5.32 Å². The molecule has 0 unspecified atom stereocenters. The summed E-state index contributed by atoms with van der Waals surface area (Å²) >= 11 is 5.87. The van der Waals surface area contributed by atoms with Gasteiger partial charge in [0.2, 0.25) is 0 Å². The van der Waals surface area contributed by atoms with Crippen molar-refractivity contribution < 1.29 is 22.7 Å². The Morgan fingerprint density at radius 2 is 2.14 bits per heavy atom. The van der Waals surface area contributed by atoms with Crippen LogP contribution in [0.4, 0.5) is 13.2 Å². The van der Waals surface area contributed by atoms with Gasteiger partial charge < -0.3 is 10.1 Å². The highest BCUT2D eigenvalue weighted by molar-refractivity contribution is 6.33. The lowest BCUT2D eigenvalue weighted by atomic mass is 10.0. The fourth-order valence-corrected chi connectivity index (χ4v) is 2.97. The molecule has 0 radical (unpaired) electrons. The molecule has 0 saturated heterocycles. The molecule has 1 amide bonds. The first-order chi connectivity index (χ1) is 10.3. The molecule has 1 saturated carbocycles. The molecule has 0 aliphatic heterocycles. The molecule has 1 aliphatic rings. The van der Waals surface area contributed by atoms with Crippen molar-refractivity contribution >= 4 is 17.5 Å². The third-order valence-corrected chi connectivity index (χ3v) is 4.22. The first-order valence-electron chi connectivity index (χ1n) is 6.99. The normalized spacial score (nSPS) is 21.9. The van der Waals surface area contributed by atoms with Gasteiger partial charge in [-0.1, -0.05) is 18.0 Å². The van der Waals surface area contributed by atoms with Crippen LogP contribution in [0.25, 0.3) is 0 Å². The quantitative estimate of drug-likeness (QED) is 0.906. The van der Waals surface area contributed by atoms with Crippen molar-refractivity contribution in [3.63, 3.8) is 0 Å². The highest BCUT2D eigenvalue weighted by atomic mass is 35.5. The molecule has 2 atom stereocenters. The van der Waals surface area contributed by atoms with Gasteiger partial charge in [0.15, 0.2) is 0 Å². The zero-order chi connectivity index (χ0) is 16.3. The van der Waals surface area contributed by atoms with Gasteiger partial charge >= 0.3 is 6.18 Å². The number of hydrogen-bond acceptors (Lipinski definition) is 2. The zero-order valence-corrected chi connectivity index (χ0v) is 12.8. The van der Waals surface area contributed by atoms with Gasteiger partial charge in [0.05, 0.1) is 22.8 Å². The predicted octanol–water partition coefficient (Wildman–Crippen LogP) is 3.90. The number of rotatable bonds is 4. The molecule has 1 aromatic carbocycles. The predicted molar refractivity (Wildman–Crippen MR) is 76.9 cm³/mol. The number of benzene rings is 1. The summed E-state index contributed by atoms with van der Waals surface area (Å²) in [4.78, 5) is 12.2. The van der Waals surface area contributed by atoms with Gasteiger partial charge in [-0.15, -0.1) is 0 Å². The molecule has 122 valence electrons. The van der Waals surface area contributed by atoms with E-state index in [1.54, 1.807) is 7.11 Å². The number of halogens is 4. The second kappa shape index (κ2) is 6.87. The van der Waals surface area contributed by atoms with Gasteiger partial charge in [0.25, 0.3) is 5.91 Å². The minimum atomic E-state index is -4.51. The third kappa shape index (κ3) is 3.93. The van der Waals surface area contributed by atoms with Crippen LogP contribution in [-0.2, 0) is 10.9 Å². The van der Waals surface area contributed by atoms with E-state index >= 15 is 0 Å². The maximum absolute atomic E-state index is 12.7. The minimum absolute atomic E-state index is 0.00629. The van der Waals surface area contributed by atoms with Gasteiger partial charge in [0.1, 0.15) is 0 Å². The summed E-state index contributed by atoms with van der Waals surface area (Å²) in [5.41, 5.74) is -1.04. The molecule has 22 heavy (non-hydrogen) atoms. The third-order valence-electron chi connectivity index (χ3n) is 3.89. The largest absolute Gasteiger partial charge is 0.416 e. The van der Waals surface area contributed by atoms with E-state index in [0.29, 0.717) is 6.61 Å². The van der Waals surface area contributed by atoms with Gasteiger partial charge in [-0.25, -0.2) is 0 Å². The number of carbonyl (C=O) groups excluding carboxylic acids is 1. The van der Waals surface area contributed by atoms with Crippen molar-refractivity contribution in [1.82, 2.24) is 5.32 Å². The van der Waals surface area contributed by atoms with E-state index in [1.807, 2.05) is 0 Å². The van der Waals surface area contributed by atoms with Crippen LogP contribution >= 0.6 is 11.6 Å². The molecule has 0 aromatic heterocycles. The monoisotopic (exact) mass is 335 g/mol. The molecule has 2 rings (SSSR count). The van der Waals surface area contributed by atoms with Crippen molar-refractivity contribution in [3.05, 3.63) is 34.3 Å². The molecular formula is C15H17ClF3NO2. The summed E-state index contributed by atoms with van der Waals surface area (Å²) < 4.78 is 43.3. The summed E-state index contributed by atoms with van der Waals surface area (Å²) in [5, 5.41) is 2.79. The summed E-state index contributed by atoms with van der Waals surface area (Å²) in [6, 6.07) is 2.65. The summed E-state index contributed by atoms with van der Waals surface area (Å²) in [6.45, 7) is 0.515. The molecular weight excluding hydrogens is 319 g/mol. The molecule has 0 bridgehead atoms. The average Bonchev–Trinajstić information content (AvgIpc) is 2.85. The number of amides is 1. The smallest absolute Gasteiger partial charge is 0.384 e. The minimum Gasteiger partial charge on any atom is -0.384 e. The van der Waals surface area contributed by atoms with Crippen LogP contribution in [0, 0.1) is 5.92 Å². The van der Waals surface area contributed by atoms with Crippen molar-refractivity contribution in [2.45, 2.75) is 31.5 Å². The first-order valence-corrected chi connectivity index (χ1v) is 7.37. The maximum Gasteiger partial charge on any atom is 0.416 e. The molecule has 3 nitrogen and oxygen atoms in total. The fourth-order valence-electron chi connectivity index (χ4n) is 2.76. The van der Waals surface area contributed by atoms with Crippen molar-refractivity contribution in [2.75, 3.05) is 13.7 Å². The van der Waals surface area contributed by atoms with E-state index in [1.165, 1.54) is 0 Å². The number of ether oxygens (including phenoxy) is 1. The lowest BCUT2D eigenvalue weighted by Gasteiger charge is -2.21. The number of nitrogens with one attached hydrogen (secondary N) is 1. The Balaban J connectivity index is 2.15. The van der Waals surface area contributed by atoms with Crippen LogP contribution < -0.4 is 5.32 Å². The molecule has 7 heteroatoms. The van der Waals surface area contributed by atoms with E-state index in [9.17, 15) is 18.0 Å².